The summed E-state index contributed by atoms with van der Waals surface area (Å²) < 4.78 is 0. The fourth-order valence-corrected chi connectivity index (χ4v) is 7.35. The van der Waals surface area contributed by atoms with Gasteiger partial charge in [-0.05, 0) is 94.4 Å². The van der Waals surface area contributed by atoms with Crippen molar-refractivity contribution in [3.63, 3.8) is 0 Å². The lowest BCUT2D eigenvalue weighted by Gasteiger charge is -2.29. The number of hydrogen-bond donors (Lipinski definition) is 1. The zero-order valence-electron chi connectivity index (χ0n) is 32.3. The first-order valence-electron chi connectivity index (χ1n) is 19.3. The number of rotatable bonds is 12. The Kier molecular flexibility index (Phi) is 10.8. The topological polar surface area (TPSA) is 49.1 Å². The zero-order chi connectivity index (χ0) is 39.0. The predicted octanol–water partition coefficient (Wildman–Crippen LogP) is 12.9. The number of hydrogen-bond acceptors (Lipinski definition) is 3. The molecule has 0 saturated carbocycles. The molecule has 4 nitrogen and oxygen atoms in total. The van der Waals surface area contributed by atoms with Gasteiger partial charge in [0.05, 0.1) is 12.2 Å². The van der Waals surface area contributed by atoms with Gasteiger partial charge in [-0.15, -0.1) is 0 Å². The van der Waals surface area contributed by atoms with Gasteiger partial charge in [0.2, 0.25) is 0 Å². The van der Waals surface area contributed by atoms with Gasteiger partial charge in [-0.3, -0.25) is 15.0 Å². The molecule has 57 heavy (non-hydrogen) atoms. The van der Waals surface area contributed by atoms with E-state index in [0.29, 0.717) is 6.54 Å². The highest BCUT2D eigenvalue weighted by atomic mass is 15.0. The molecule has 0 radical (unpaired) electrons. The molecule has 0 aromatic heterocycles. The van der Waals surface area contributed by atoms with Crippen LogP contribution in [0.25, 0.3) is 33.5 Å². The third-order valence-electron chi connectivity index (χ3n) is 10.7. The first-order chi connectivity index (χ1) is 28.0. The number of allylic oxidation sites excluding steroid dienone is 1. The van der Waals surface area contributed by atoms with Crippen molar-refractivity contribution in [2.24, 2.45) is 15.0 Å². The summed E-state index contributed by atoms with van der Waals surface area (Å²) in [6, 6.07) is 65.7. The van der Waals surface area contributed by atoms with Crippen molar-refractivity contribution in [2.45, 2.75) is 25.8 Å². The van der Waals surface area contributed by atoms with E-state index in [1.54, 1.807) is 0 Å². The summed E-state index contributed by atoms with van der Waals surface area (Å²) in [4.78, 5) is 14.3. The van der Waals surface area contributed by atoms with Crippen molar-refractivity contribution in [1.82, 2.24) is 0 Å². The van der Waals surface area contributed by atoms with Crippen LogP contribution < -0.4 is 5.32 Å². The lowest BCUT2D eigenvalue weighted by atomic mass is 9.75. The lowest BCUT2D eigenvalue weighted by Crippen LogP contribution is -2.28. The fourth-order valence-electron chi connectivity index (χ4n) is 7.35. The number of aliphatic imine (C=N–C) groups is 3. The molecule has 1 unspecified atom stereocenters. The summed E-state index contributed by atoms with van der Waals surface area (Å²) in [7, 11) is 0. The molecular weight excluding hydrogens is 693 g/mol. The highest BCUT2D eigenvalue weighted by Gasteiger charge is 2.28. The first kappa shape index (κ1) is 36.8. The Hall–Kier alpha value is -7.17. The van der Waals surface area contributed by atoms with Crippen molar-refractivity contribution < 1.29 is 0 Å². The molecule has 7 aromatic rings. The van der Waals surface area contributed by atoms with Crippen molar-refractivity contribution in [1.29, 1.82) is 0 Å². The van der Waals surface area contributed by atoms with E-state index in [1.807, 2.05) is 30.5 Å². The molecular formula is C53H44N4. The molecule has 4 heteroatoms. The molecule has 1 heterocycles. The van der Waals surface area contributed by atoms with Crippen LogP contribution >= 0.6 is 0 Å². The molecule has 0 saturated heterocycles. The van der Waals surface area contributed by atoms with Gasteiger partial charge in [-0.25, -0.2) is 0 Å². The minimum Gasteiger partial charge on any atom is -0.339 e. The lowest BCUT2D eigenvalue weighted by molar-refractivity contribution is 0.724. The number of amidine groups is 1. The average molecular weight is 737 g/mol. The molecule has 0 spiro atoms. The Balaban J connectivity index is 1.03. The maximum Gasteiger partial charge on any atom is 0.152 e. The second kappa shape index (κ2) is 16.7. The van der Waals surface area contributed by atoms with Crippen molar-refractivity contribution in [3.05, 3.63) is 234 Å². The van der Waals surface area contributed by atoms with Crippen molar-refractivity contribution >= 4 is 35.2 Å². The second-order valence-corrected chi connectivity index (χ2v) is 14.5. The molecule has 0 bridgehead atoms. The van der Waals surface area contributed by atoms with Crippen molar-refractivity contribution in [2.75, 3.05) is 5.32 Å². The second-order valence-electron chi connectivity index (χ2n) is 14.5. The van der Waals surface area contributed by atoms with Crippen LogP contribution in [0.15, 0.2) is 215 Å². The van der Waals surface area contributed by atoms with E-state index in [0.717, 1.165) is 50.8 Å². The van der Waals surface area contributed by atoms with E-state index < -0.39 is 5.41 Å². The predicted molar refractivity (Wildman–Crippen MR) is 242 cm³/mol. The van der Waals surface area contributed by atoms with Gasteiger partial charge >= 0.3 is 0 Å². The van der Waals surface area contributed by atoms with Gasteiger partial charge in [0.1, 0.15) is 5.71 Å². The van der Waals surface area contributed by atoms with E-state index in [4.69, 9.17) is 4.99 Å². The van der Waals surface area contributed by atoms with Crippen LogP contribution in [0.1, 0.15) is 40.3 Å². The van der Waals surface area contributed by atoms with Gasteiger partial charge in [0, 0.05) is 22.9 Å². The summed E-state index contributed by atoms with van der Waals surface area (Å²) in [6.07, 6.45) is 4.17. The number of nitrogens with one attached hydrogen (secondary N) is 1. The van der Waals surface area contributed by atoms with Crippen LogP contribution in [0.3, 0.4) is 0 Å². The summed E-state index contributed by atoms with van der Waals surface area (Å²) in [5, 5.41) is 3.59. The van der Waals surface area contributed by atoms with E-state index in [2.05, 4.69) is 206 Å². The quantitative estimate of drug-likeness (QED) is 0.0985. The van der Waals surface area contributed by atoms with E-state index in [9.17, 15) is 0 Å². The molecule has 8 rings (SSSR count). The number of anilines is 1. The normalized spacial score (nSPS) is 13.8. The third-order valence-corrected chi connectivity index (χ3v) is 10.7. The van der Waals surface area contributed by atoms with Crippen LogP contribution in [-0.4, -0.2) is 18.3 Å². The molecule has 0 amide bonds. The van der Waals surface area contributed by atoms with Gasteiger partial charge in [-0.2, -0.15) is 0 Å². The van der Waals surface area contributed by atoms with Crippen LogP contribution in [0, 0.1) is 6.92 Å². The maximum atomic E-state index is 5.03. The first-order valence-corrected chi connectivity index (χ1v) is 19.3. The standard InChI is InChI=1S/C53H44N4/c1-38-15-13-14-22-48(38)49-37-55-51(49)52(56-36-39-16-7-4-8-17-39)57-47-33-29-43(30-34-47)41-23-25-44(26-24-41)50(54-3)35-53(2,45-20-11-6-12-21-45)46-31-27-42(28-32-46)40-18-9-5-10-19-40/h4-35,37H,3,36H2,1-2H3,(H,56,57)/b50-35-. The minimum atomic E-state index is -0.445. The minimum absolute atomic E-state index is 0.445. The summed E-state index contributed by atoms with van der Waals surface area (Å²) in [6.45, 7) is 8.94. The highest BCUT2D eigenvalue weighted by molar-refractivity contribution is 6.62. The molecule has 1 N–H and O–H groups in total. The van der Waals surface area contributed by atoms with E-state index in [-0.39, 0.29) is 0 Å². The van der Waals surface area contributed by atoms with Crippen LogP contribution in [0.2, 0.25) is 0 Å². The van der Waals surface area contributed by atoms with Crippen molar-refractivity contribution in [3.8, 4) is 22.3 Å². The van der Waals surface area contributed by atoms with E-state index in [1.165, 1.54) is 33.4 Å². The van der Waals surface area contributed by atoms with Crippen LogP contribution in [0.5, 0.6) is 0 Å². The number of nitrogens with zero attached hydrogens (tertiary/aromatic N) is 3. The van der Waals surface area contributed by atoms with Gasteiger partial charge in [0.25, 0.3) is 0 Å². The number of benzene rings is 7. The van der Waals surface area contributed by atoms with Gasteiger partial charge < -0.3 is 5.32 Å². The molecule has 276 valence electrons. The molecule has 0 fully saturated rings. The van der Waals surface area contributed by atoms with E-state index >= 15 is 0 Å². The van der Waals surface area contributed by atoms with Crippen LogP contribution in [-0.2, 0) is 12.0 Å². The summed E-state index contributed by atoms with van der Waals surface area (Å²) >= 11 is 0. The maximum absolute atomic E-state index is 5.03. The Bertz CT molecular complexity index is 2600. The Labute approximate surface area is 336 Å². The smallest absolute Gasteiger partial charge is 0.152 e. The highest BCUT2D eigenvalue weighted by Crippen LogP contribution is 2.38. The Morgan fingerprint density at radius 2 is 1.14 bits per heavy atom. The molecule has 0 aliphatic carbocycles. The summed E-state index contributed by atoms with van der Waals surface area (Å²) in [5.41, 5.74) is 14.8. The third kappa shape index (κ3) is 8.12. The molecule has 7 aromatic carbocycles. The molecule has 1 atom stereocenters. The van der Waals surface area contributed by atoms with Gasteiger partial charge in [-0.1, -0.05) is 176 Å². The monoisotopic (exact) mass is 736 g/mol. The molecule has 1 aliphatic rings. The fraction of sp³-hybridized carbons (Fsp3) is 0.0755. The molecule has 1 aliphatic heterocycles. The SMILES string of the molecule is C=N/C(=C\C(C)(c1ccccc1)c1ccc(-c2ccccc2)cc1)c1ccc(-c2ccc(NC(=NCc3ccccc3)C3=NC=C3c3ccccc3C)cc2)cc1. The summed E-state index contributed by atoms with van der Waals surface area (Å²) in [5.74, 6) is 0.752. The van der Waals surface area contributed by atoms with Gasteiger partial charge in [0.15, 0.2) is 5.84 Å². The zero-order valence-corrected chi connectivity index (χ0v) is 32.3. The Morgan fingerprint density at radius 1 is 0.614 bits per heavy atom. The Morgan fingerprint density at radius 3 is 1.74 bits per heavy atom. The number of aryl methyl sites for hydroxylation is 1. The average Bonchev–Trinajstić information content (AvgIpc) is 3.26. The van der Waals surface area contributed by atoms with Crippen LogP contribution in [0.4, 0.5) is 5.69 Å². The largest absolute Gasteiger partial charge is 0.339 e.